The zero-order valence-corrected chi connectivity index (χ0v) is 8.48. The Bertz CT molecular complexity index is 616. The van der Waals surface area contributed by atoms with Crippen LogP contribution in [0.4, 0.5) is 4.39 Å². The van der Waals surface area contributed by atoms with Crippen LogP contribution in [-0.4, -0.2) is 21.0 Å². The molecule has 0 aliphatic heterocycles. The van der Waals surface area contributed by atoms with E-state index in [-0.39, 0.29) is 0 Å². The predicted octanol–water partition coefficient (Wildman–Crippen LogP) is 1.27. The maximum atomic E-state index is 13.4. The van der Waals surface area contributed by atoms with E-state index < -0.39 is 23.0 Å². The van der Waals surface area contributed by atoms with Crippen LogP contribution in [0.3, 0.4) is 0 Å². The molecule has 1 aromatic carbocycles. The van der Waals surface area contributed by atoms with Gasteiger partial charge in [-0.3, -0.25) is 0 Å². The number of halogens is 1. The molecule has 1 aromatic heterocycles. The van der Waals surface area contributed by atoms with Crippen LogP contribution in [0.5, 0.6) is 0 Å². The molecule has 0 aliphatic rings. The fourth-order valence-corrected chi connectivity index (χ4v) is 1.37. The molecule has 0 aliphatic carbocycles. The molecule has 0 bridgehead atoms. The largest absolute Gasteiger partial charge is 0.478 e. The van der Waals surface area contributed by atoms with Gasteiger partial charge in [0.25, 0.3) is 0 Å². The van der Waals surface area contributed by atoms with Gasteiger partial charge >= 0.3 is 11.7 Å². The number of H-pyrrole nitrogens is 1. The summed E-state index contributed by atoms with van der Waals surface area (Å²) in [5, 5.41) is 8.66. The third-order valence-corrected chi connectivity index (χ3v) is 2.20. The Hall–Kier alpha value is -2.50. The number of nitrogens with zero attached hydrogens (tertiary/aromatic N) is 1. The molecule has 0 fully saturated rings. The molecule has 0 saturated carbocycles. The average Bonchev–Trinajstić information content (AvgIpc) is 2.29. The van der Waals surface area contributed by atoms with Crippen LogP contribution in [0.2, 0.25) is 0 Å². The van der Waals surface area contributed by atoms with E-state index in [0.29, 0.717) is 11.1 Å². The zero-order chi connectivity index (χ0) is 12.4. The standard InChI is InChI=1S/C11H7FN2O3/c12-9-3-6(1-2-8(9)10(15)16)7-4-13-11(17)14-5-7/h1-5H,(H,15,16)(H,13,14,17). The Morgan fingerprint density at radius 3 is 2.65 bits per heavy atom. The Morgan fingerprint density at radius 1 is 1.35 bits per heavy atom. The Labute approximate surface area is 94.6 Å². The molecule has 0 unspecified atom stereocenters. The lowest BCUT2D eigenvalue weighted by Crippen LogP contribution is -2.08. The van der Waals surface area contributed by atoms with Crippen molar-refractivity contribution < 1.29 is 14.3 Å². The Kier molecular flexibility index (Phi) is 2.70. The van der Waals surface area contributed by atoms with Crippen molar-refractivity contribution in [1.29, 1.82) is 0 Å². The van der Waals surface area contributed by atoms with Crippen molar-refractivity contribution in [2.75, 3.05) is 0 Å². The van der Waals surface area contributed by atoms with Crippen LogP contribution in [0, 0.1) is 5.82 Å². The molecule has 0 radical (unpaired) electrons. The highest BCUT2D eigenvalue weighted by molar-refractivity contribution is 5.88. The average molecular weight is 234 g/mol. The molecule has 1 heterocycles. The molecule has 86 valence electrons. The SMILES string of the molecule is O=C(O)c1ccc(-c2cnc(=O)[nH]c2)cc1F. The molecule has 0 amide bonds. The van der Waals surface area contributed by atoms with Gasteiger partial charge in [-0.1, -0.05) is 6.07 Å². The van der Waals surface area contributed by atoms with Crippen molar-refractivity contribution in [2.24, 2.45) is 0 Å². The molecule has 2 rings (SSSR count). The van der Waals surface area contributed by atoms with Crippen molar-refractivity contribution in [1.82, 2.24) is 9.97 Å². The second kappa shape index (κ2) is 4.17. The fraction of sp³-hybridized carbons (Fsp3) is 0. The predicted molar refractivity (Wildman–Crippen MR) is 57.2 cm³/mol. The first-order valence-electron chi connectivity index (χ1n) is 4.66. The number of hydrogen-bond acceptors (Lipinski definition) is 3. The van der Waals surface area contributed by atoms with E-state index >= 15 is 0 Å². The molecule has 6 heteroatoms. The lowest BCUT2D eigenvalue weighted by molar-refractivity contribution is 0.0692. The van der Waals surface area contributed by atoms with Gasteiger partial charge in [-0.05, 0) is 17.7 Å². The first kappa shape index (κ1) is 11.0. The number of rotatable bonds is 2. The lowest BCUT2D eigenvalue weighted by Gasteiger charge is -2.02. The van der Waals surface area contributed by atoms with Crippen LogP contribution >= 0.6 is 0 Å². The molecule has 5 nitrogen and oxygen atoms in total. The first-order chi connectivity index (χ1) is 8.08. The molecule has 0 saturated heterocycles. The van der Waals surface area contributed by atoms with Crippen LogP contribution in [0.1, 0.15) is 10.4 Å². The minimum Gasteiger partial charge on any atom is -0.478 e. The summed E-state index contributed by atoms with van der Waals surface area (Å²) < 4.78 is 13.4. The second-order valence-electron chi connectivity index (χ2n) is 3.31. The number of carboxylic acids is 1. The molecule has 2 N–H and O–H groups in total. The van der Waals surface area contributed by atoms with Crippen molar-refractivity contribution in [3.63, 3.8) is 0 Å². The fourth-order valence-electron chi connectivity index (χ4n) is 1.37. The number of benzene rings is 1. The normalized spacial score (nSPS) is 10.2. The van der Waals surface area contributed by atoms with Crippen LogP contribution < -0.4 is 5.69 Å². The van der Waals surface area contributed by atoms with Gasteiger partial charge in [-0.2, -0.15) is 0 Å². The van der Waals surface area contributed by atoms with E-state index in [1.54, 1.807) is 0 Å². The highest BCUT2D eigenvalue weighted by Crippen LogP contribution is 2.20. The summed E-state index contributed by atoms with van der Waals surface area (Å²) in [5.41, 5.74) is 0.0409. The zero-order valence-electron chi connectivity index (χ0n) is 8.48. The number of carbonyl (C=O) groups is 1. The van der Waals surface area contributed by atoms with E-state index in [2.05, 4.69) is 9.97 Å². The molecule has 2 aromatic rings. The summed E-state index contributed by atoms with van der Waals surface area (Å²) in [6, 6.07) is 3.69. The van der Waals surface area contributed by atoms with Gasteiger partial charge in [0.15, 0.2) is 0 Å². The summed E-state index contributed by atoms with van der Waals surface area (Å²) in [7, 11) is 0. The first-order valence-corrected chi connectivity index (χ1v) is 4.66. The minimum atomic E-state index is -1.33. The summed E-state index contributed by atoms with van der Waals surface area (Å²) >= 11 is 0. The number of aromatic carboxylic acids is 1. The van der Waals surface area contributed by atoms with Crippen molar-refractivity contribution in [3.05, 3.63) is 52.5 Å². The van der Waals surface area contributed by atoms with Gasteiger partial charge < -0.3 is 10.1 Å². The molecule has 0 atom stereocenters. The maximum absolute atomic E-state index is 13.4. The van der Waals surface area contributed by atoms with Gasteiger partial charge in [0.05, 0.1) is 5.56 Å². The van der Waals surface area contributed by atoms with E-state index in [1.807, 2.05) is 0 Å². The summed E-state index contributed by atoms with van der Waals surface area (Å²) in [4.78, 5) is 27.2. The highest BCUT2D eigenvalue weighted by atomic mass is 19.1. The van der Waals surface area contributed by atoms with Crippen LogP contribution in [-0.2, 0) is 0 Å². The highest BCUT2D eigenvalue weighted by Gasteiger charge is 2.11. The summed E-state index contributed by atoms with van der Waals surface area (Å²) in [5.74, 6) is -2.16. The van der Waals surface area contributed by atoms with Gasteiger partial charge in [0.2, 0.25) is 0 Å². The van der Waals surface area contributed by atoms with Crippen molar-refractivity contribution in [2.45, 2.75) is 0 Å². The van der Waals surface area contributed by atoms with Crippen molar-refractivity contribution >= 4 is 5.97 Å². The number of carboxylic acid groups (broad SMARTS) is 1. The van der Waals surface area contributed by atoms with E-state index in [4.69, 9.17) is 5.11 Å². The third kappa shape index (κ3) is 2.20. The summed E-state index contributed by atoms with van der Waals surface area (Å²) in [6.07, 6.45) is 2.67. The van der Waals surface area contributed by atoms with Crippen LogP contribution in [0.15, 0.2) is 35.4 Å². The molecule has 0 spiro atoms. The van der Waals surface area contributed by atoms with E-state index in [0.717, 1.165) is 12.1 Å². The third-order valence-electron chi connectivity index (χ3n) is 2.20. The number of hydrogen-bond donors (Lipinski definition) is 2. The Morgan fingerprint density at radius 2 is 2.12 bits per heavy atom. The molecular weight excluding hydrogens is 227 g/mol. The lowest BCUT2D eigenvalue weighted by atomic mass is 10.1. The second-order valence-corrected chi connectivity index (χ2v) is 3.31. The molecule has 17 heavy (non-hydrogen) atoms. The van der Waals surface area contributed by atoms with Gasteiger partial charge in [0.1, 0.15) is 5.82 Å². The van der Waals surface area contributed by atoms with Crippen molar-refractivity contribution in [3.8, 4) is 11.1 Å². The van der Waals surface area contributed by atoms with E-state index in [1.165, 1.54) is 18.5 Å². The molecular formula is C11H7FN2O3. The minimum absolute atomic E-state index is 0.397. The quantitative estimate of drug-likeness (QED) is 0.819. The number of nitrogens with one attached hydrogen (secondary N) is 1. The maximum Gasteiger partial charge on any atom is 0.344 e. The number of aromatic amines is 1. The van der Waals surface area contributed by atoms with Crippen LogP contribution in [0.25, 0.3) is 11.1 Å². The topological polar surface area (TPSA) is 83.0 Å². The monoisotopic (exact) mass is 234 g/mol. The van der Waals surface area contributed by atoms with E-state index in [9.17, 15) is 14.0 Å². The van der Waals surface area contributed by atoms with Gasteiger partial charge in [0, 0.05) is 18.0 Å². The van der Waals surface area contributed by atoms with Gasteiger partial charge in [-0.25, -0.2) is 19.0 Å². The number of aromatic nitrogens is 2. The van der Waals surface area contributed by atoms with Gasteiger partial charge in [-0.15, -0.1) is 0 Å². The smallest absolute Gasteiger partial charge is 0.344 e. The summed E-state index contributed by atoms with van der Waals surface area (Å²) in [6.45, 7) is 0. The Balaban J connectivity index is 2.48.